The number of nitrogens with zero attached hydrogens (tertiary/aromatic N) is 1. The second-order valence-electron chi connectivity index (χ2n) is 4.52. The lowest BCUT2D eigenvalue weighted by atomic mass is 10.0. The number of aryl methyl sites for hydroxylation is 1. The smallest absolute Gasteiger partial charge is 0.123 e. The van der Waals surface area contributed by atoms with E-state index in [0.29, 0.717) is 5.69 Å². The second-order valence-corrected chi connectivity index (χ2v) is 4.52. The Kier molecular flexibility index (Phi) is 2.67. The van der Waals surface area contributed by atoms with E-state index < -0.39 is 0 Å². The molecule has 1 aromatic heterocycles. The maximum absolute atomic E-state index is 13.3. The number of anilines is 1. The summed E-state index contributed by atoms with van der Waals surface area (Å²) in [5, 5.41) is 1.60. The third kappa shape index (κ3) is 1.93. The van der Waals surface area contributed by atoms with E-state index in [0.717, 1.165) is 27.7 Å². The molecule has 1 heterocycles. The standard InChI is InChI=1S/C16H13FN2/c1-10-14-9-12(17)7-8-13(14)15(18)16(19-10)11-5-3-2-4-6-11/h2-9H,18H2,1H3. The van der Waals surface area contributed by atoms with Crippen LogP contribution in [0.3, 0.4) is 0 Å². The Hall–Kier alpha value is -2.42. The fraction of sp³-hybridized carbons (Fsp3) is 0.0625. The molecule has 0 saturated carbocycles. The van der Waals surface area contributed by atoms with Gasteiger partial charge < -0.3 is 5.73 Å². The van der Waals surface area contributed by atoms with Crippen molar-refractivity contribution in [3.05, 3.63) is 60.0 Å². The zero-order valence-electron chi connectivity index (χ0n) is 10.5. The van der Waals surface area contributed by atoms with Gasteiger partial charge in [0.2, 0.25) is 0 Å². The fourth-order valence-corrected chi connectivity index (χ4v) is 2.28. The fourth-order valence-electron chi connectivity index (χ4n) is 2.28. The third-order valence-electron chi connectivity index (χ3n) is 3.24. The highest BCUT2D eigenvalue weighted by Crippen LogP contribution is 2.32. The molecule has 2 N–H and O–H groups in total. The van der Waals surface area contributed by atoms with Gasteiger partial charge in [-0.3, -0.25) is 4.98 Å². The average molecular weight is 252 g/mol. The summed E-state index contributed by atoms with van der Waals surface area (Å²) < 4.78 is 13.3. The van der Waals surface area contributed by atoms with Crippen molar-refractivity contribution in [2.75, 3.05) is 5.73 Å². The lowest BCUT2D eigenvalue weighted by Crippen LogP contribution is -1.98. The first-order chi connectivity index (χ1) is 9.16. The Morgan fingerprint density at radius 1 is 1.00 bits per heavy atom. The molecule has 0 amide bonds. The van der Waals surface area contributed by atoms with Gasteiger partial charge in [0.15, 0.2) is 0 Å². The summed E-state index contributed by atoms with van der Waals surface area (Å²) in [6, 6.07) is 14.4. The monoisotopic (exact) mass is 252 g/mol. The first-order valence-corrected chi connectivity index (χ1v) is 6.07. The summed E-state index contributed by atoms with van der Waals surface area (Å²) in [7, 11) is 0. The maximum Gasteiger partial charge on any atom is 0.123 e. The maximum atomic E-state index is 13.3. The van der Waals surface area contributed by atoms with Gasteiger partial charge in [0.25, 0.3) is 0 Å². The molecule has 0 aliphatic heterocycles. The van der Waals surface area contributed by atoms with Crippen molar-refractivity contribution in [1.29, 1.82) is 0 Å². The van der Waals surface area contributed by atoms with E-state index in [1.807, 2.05) is 37.3 Å². The van der Waals surface area contributed by atoms with E-state index >= 15 is 0 Å². The van der Waals surface area contributed by atoms with Gasteiger partial charge in [-0.05, 0) is 25.1 Å². The molecule has 3 heteroatoms. The Bertz CT molecular complexity index is 752. The molecule has 2 aromatic carbocycles. The number of nitrogens with two attached hydrogens (primary N) is 1. The van der Waals surface area contributed by atoms with Crippen molar-refractivity contribution in [2.24, 2.45) is 0 Å². The normalized spacial score (nSPS) is 10.8. The van der Waals surface area contributed by atoms with Crippen LogP contribution in [0.5, 0.6) is 0 Å². The van der Waals surface area contributed by atoms with E-state index in [-0.39, 0.29) is 5.82 Å². The molecule has 0 aliphatic rings. The largest absolute Gasteiger partial charge is 0.396 e. The van der Waals surface area contributed by atoms with Crippen LogP contribution in [0, 0.1) is 12.7 Å². The Morgan fingerprint density at radius 3 is 2.47 bits per heavy atom. The Balaban J connectivity index is 2.34. The minimum absolute atomic E-state index is 0.274. The van der Waals surface area contributed by atoms with Crippen LogP contribution in [0.4, 0.5) is 10.1 Å². The molecule has 94 valence electrons. The number of rotatable bonds is 1. The number of halogens is 1. The van der Waals surface area contributed by atoms with Gasteiger partial charge in [0.1, 0.15) is 5.82 Å². The van der Waals surface area contributed by atoms with Gasteiger partial charge in [0.05, 0.1) is 11.4 Å². The predicted molar refractivity (Wildman–Crippen MR) is 76.3 cm³/mol. The van der Waals surface area contributed by atoms with Crippen molar-refractivity contribution >= 4 is 16.5 Å². The van der Waals surface area contributed by atoms with E-state index in [1.165, 1.54) is 12.1 Å². The van der Waals surface area contributed by atoms with E-state index in [2.05, 4.69) is 4.98 Å². The summed E-state index contributed by atoms with van der Waals surface area (Å²) in [6.45, 7) is 1.87. The lowest BCUT2D eigenvalue weighted by molar-refractivity contribution is 0.629. The van der Waals surface area contributed by atoms with Crippen LogP contribution >= 0.6 is 0 Å². The molecular formula is C16H13FN2. The topological polar surface area (TPSA) is 38.9 Å². The van der Waals surface area contributed by atoms with Gasteiger partial charge in [-0.25, -0.2) is 4.39 Å². The van der Waals surface area contributed by atoms with Crippen molar-refractivity contribution < 1.29 is 4.39 Å². The van der Waals surface area contributed by atoms with Gasteiger partial charge >= 0.3 is 0 Å². The van der Waals surface area contributed by atoms with Gasteiger partial charge in [-0.1, -0.05) is 30.3 Å². The number of hydrogen-bond donors (Lipinski definition) is 1. The first kappa shape index (κ1) is 11.7. The predicted octanol–water partition coefficient (Wildman–Crippen LogP) is 3.93. The Morgan fingerprint density at radius 2 is 1.74 bits per heavy atom. The number of nitrogen functional groups attached to an aromatic ring is 1. The van der Waals surface area contributed by atoms with Gasteiger partial charge in [0, 0.05) is 22.0 Å². The van der Waals surface area contributed by atoms with Crippen molar-refractivity contribution in [2.45, 2.75) is 6.92 Å². The minimum atomic E-state index is -0.274. The second kappa shape index (κ2) is 4.35. The van der Waals surface area contributed by atoms with Crippen LogP contribution in [-0.4, -0.2) is 4.98 Å². The summed E-state index contributed by atoms with van der Waals surface area (Å²) in [5.41, 5.74) is 9.27. The van der Waals surface area contributed by atoms with E-state index in [1.54, 1.807) is 6.07 Å². The Labute approximate surface area is 110 Å². The summed E-state index contributed by atoms with van der Waals surface area (Å²) in [6.07, 6.45) is 0. The van der Waals surface area contributed by atoms with Crippen LogP contribution in [0.15, 0.2) is 48.5 Å². The SMILES string of the molecule is Cc1nc(-c2ccccc2)c(N)c2ccc(F)cc12. The highest BCUT2D eigenvalue weighted by atomic mass is 19.1. The van der Waals surface area contributed by atoms with E-state index in [4.69, 9.17) is 5.73 Å². The molecule has 0 unspecified atom stereocenters. The van der Waals surface area contributed by atoms with Crippen molar-refractivity contribution in [3.8, 4) is 11.3 Å². The van der Waals surface area contributed by atoms with Crippen molar-refractivity contribution in [3.63, 3.8) is 0 Å². The van der Waals surface area contributed by atoms with Crippen LogP contribution in [0.2, 0.25) is 0 Å². The molecule has 0 saturated heterocycles. The number of fused-ring (bicyclic) bond motifs is 1. The molecule has 2 nitrogen and oxygen atoms in total. The molecule has 0 atom stereocenters. The molecule has 0 spiro atoms. The zero-order chi connectivity index (χ0) is 13.4. The highest BCUT2D eigenvalue weighted by Gasteiger charge is 2.11. The summed E-state index contributed by atoms with van der Waals surface area (Å²) in [4.78, 5) is 4.52. The number of aromatic nitrogens is 1. The average Bonchev–Trinajstić information content (AvgIpc) is 2.43. The zero-order valence-corrected chi connectivity index (χ0v) is 10.5. The number of hydrogen-bond acceptors (Lipinski definition) is 2. The van der Waals surface area contributed by atoms with E-state index in [9.17, 15) is 4.39 Å². The molecule has 3 aromatic rings. The number of pyridine rings is 1. The van der Waals surface area contributed by atoms with Crippen LogP contribution in [0.1, 0.15) is 5.69 Å². The molecule has 0 bridgehead atoms. The van der Waals surface area contributed by atoms with Gasteiger partial charge in [-0.2, -0.15) is 0 Å². The molecular weight excluding hydrogens is 239 g/mol. The summed E-state index contributed by atoms with van der Waals surface area (Å²) >= 11 is 0. The van der Waals surface area contributed by atoms with Crippen molar-refractivity contribution in [1.82, 2.24) is 4.98 Å². The van der Waals surface area contributed by atoms with Crippen LogP contribution < -0.4 is 5.73 Å². The molecule has 0 aliphatic carbocycles. The lowest BCUT2D eigenvalue weighted by Gasteiger charge is -2.11. The molecule has 0 radical (unpaired) electrons. The quantitative estimate of drug-likeness (QED) is 0.712. The first-order valence-electron chi connectivity index (χ1n) is 6.07. The summed E-state index contributed by atoms with van der Waals surface area (Å²) in [5.74, 6) is -0.274. The molecule has 19 heavy (non-hydrogen) atoms. The molecule has 3 rings (SSSR count). The van der Waals surface area contributed by atoms with Gasteiger partial charge in [-0.15, -0.1) is 0 Å². The highest BCUT2D eigenvalue weighted by molar-refractivity contribution is 6.00. The minimum Gasteiger partial charge on any atom is -0.396 e. The molecule has 0 fully saturated rings. The third-order valence-corrected chi connectivity index (χ3v) is 3.24. The van der Waals surface area contributed by atoms with Crippen LogP contribution in [0.25, 0.3) is 22.0 Å². The van der Waals surface area contributed by atoms with Crippen LogP contribution in [-0.2, 0) is 0 Å². The number of benzene rings is 2.